The zero-order chi connectivity index (χ0) is 17.6. The molecule has 2 aliphatic rings. The number of nitrogens with one attached hydrogen (secondary N) is 2. The summed E-state index contributed by atoms with van der Waals surface area (Å²) in [5.41, 5.74) is -0.456. The van der Waals surface area contributed by atoms with Crippen LogP contribution in [0.1, 0.15) is 13.8 Å². The normalized spacial score (nSPS) is 24.8. The third-order valence-electron chi connectivity index (χ3n) is 5.15. The lowest BCUT2D eigenvalue weighted by atomic mass is 10.1. The van der Waals surface area contributed by atoms with Crippen LogP contribution in [0.4, 0.5) is 0 Å². The highest BCUT2D eigenvalue weighted by molar-refractivity contribution is 6.34. The molecule has 6 heteroatoms. The summed E-state index contributed by atoms with van der Waals surface area (Å²) in [6, 6.07) is 7.75. The summed E-state index contributed by atoms with van der Waals surface area (Å²) < 4.78 is 5.99. The lowest BCUT2D eigenvalue weighted by molar-refractivity contribution is -0.125. The van der Waals surface area contributed by atoms with Crippen LogP contribution in [0.25, 0.3) is 10.8 Å². The second-order valence-electron chi connectivity index (χ2n) is 7.63. The molecular formula is C19H22ClN3O2. The van der Waals surface area contributed by atoms with Crippen molar-refractivity contribution in [1.82, 2.24) is 15.6 Å². The number of halogens is 1. The van der Waals surface area contributed by atoms with E-state index in [1.807, 2.05) is 38.1 Å². The van der Waals surface area contributed by atoms with Crippen LogP contribution in [0.2, 0.25) is 5.15 Å². The molecule has 25 heavy (non-hydrogen) atoms. The smallest absolute Gasteiger partial charge is 0.224 e. The Kier molecular flexibility index (Phi) is 4.08. The summed E-state index contributed by atoms with van der Waals surface area (Å²) in [7, 11) is 0. The van der Waals surface area contributed by atoms with Crippen LogP contribution in [-0.4, -0.2) is 36.1 Å². The van der Waals surface area contributed by atoms with E-state index in [2.05, 4.69) is 15.6 Å². The average Bonchev–Trinajstić information content (AvgIpc) is 3.08. The van der Waals surface area contributed by atoms with Crippen molar-refractivity contribution in [3.63, 3.8) is 0 Å². The fourth-order valence-corrected chi connectivity index (χ4v) is 3.98. The molecule has 2 heterocycles. The van der Waals surface area contributed by atoms with Gasteiger partial charge in [-0.15, -0.1) is 0 Å². The number of piperidine rings is 1. The predicted octanol–water partition coefficient (Wildman–Crippen LogP) is 2.63. The number of benzene rings is 1. The molecule has 2 unspecified atom stereocenters. The lowest BCUT2D eigenvalue weighted by Crippen LogP contribution is -2.49. The molecule has 1 aliphatic heterocycles. The molecule has 1 aromatic carbocycles. The molecule has 2 N–H and O–H groups in total. The van der Waals surface area contributed by atoms with Gasteiger partial charge in [0.25, 0.3) is 0 Å². The summed E-state index contributed by atoms with van der Waals surface area (Å²) >= 11 is 6.15. The third kappa shape index (κ3) is 3.18. The van der Waals surface area contributed by atoms with Crippen LogP contribution < -0.4 is 15.4 Å². The number of pyridine rings is 1. The molecular weight excluding hydrogens is 338 g/mol. The van der Waals surface area contributed by atoms with Crippen molar-refractivity contribution in [2.24, 2.45) is 17.8 Å². The van der Waals surface area contributed by atoms with Crippen molar-refractivity contribution < 1.29 is 9.53 Å². The number of nitrogens with zero attached hydrogens (tertiary/aromatic N) is 1. The number of hydrogen-bond donors (Lipinski definition) is 2. The molecule has 5 nitrogen and oxygen atoms in total. The van der Waals surface area contributed by atoms with E-state index in [0.29, 0.717) is 29.3 Å². The lowest BCUT2D eigenvalue weighted by Gasteiger charge is -2.27. The number of carbonyl (C=O) groups excluding carboxylic acids is 1. The van der Waals surface area contributed by atoms with Crippen LogP contribution in [-0.2, 0) is 4.79 Å². The van der Waals surface area contributed by atoms with Crippen LogP contribution in [0, 0.1) is 17.8 Å². The highest BCUT2D eigenvalue weighted by Gasteiger charge is 2.57. The number of carbonyl (C=O) groups is 1. The van der Waals surface area contributed by atoms with Crippen molar-refractivity contribution in [1.29, 1.82) is 0 Å². The molecule has 1 saturated heterocycles. The number of amides is 1. The number of ether oxygens (including phenoxy) is 1. The first-order valence-electron chi connectivity index (χ1n) is 8.65. The van der Waals surface area contributed by atoms with E-state index in [0.717, 1.165) is 23.9 Å². The van der Waals surface area contributed by atoms with E-state index in [-0.39, 0.29) is 11.8 Å². The van der Waals surface area contributed by atoms with Gasteiger partial charge in [-0.05, 0) is 38.8 Å². The van der Waals surface area contributed by atoms with Gasteiger partial charge < -0.3 is 15.4 Å². The van der Waals surface area contributed by atoms with E-state index in [9.17, 15) is 4.79 Å². The summed E-state index contributed by atoms with van der Waals surface area (Å²) in [5, 5.41) is 8.70. The van der Waals surface area contributed by atoms with Crippen molar-refractivity contribution in [3.8, 4) is 5.75 Å². The summed E-state index contributed by atoms with van der Waals surface area (Å²) in [5.74, 6) is 2.01. The monoisotopic (exact) mass is 359 g/mol. The van der Waals surface area contributed by atoms with Crippen molar-refractivity contribution >= 4 is 28.3 Å². The van der Waals surface area contributed by atoms with Crippen LogP contribution in [0.5, 0.6) is 5.75 Å². The topological polar surface area (TPSA) is 63.2 Å². The molecule has 4 rings (SSSR count). The maximum Gasteiger partial charge on any atom is 0.224 e. The molecule has 3 atom stereocenters. The fourth-order valence-electron chi connectivity index (χ4n) is 3.77. The number of hydrogen-bond acceptors (Lipinski definition) is 4. The van der Waals surface area contributed by atoms with Gasteiger partial charge in [0.05, 0.1) is 11.7 Å². The Morgan fingerprint density at radius 2 is 2.00 bits per heavy atom. The molecule has 0 radical (unpaired) electrons. The van der Waals surface area contributed by atoms with Gasteiger partial charge in [-0.2, -0.15) is 0 Å². The minimum absolute atomic E-state index is 0.143. The summed E-state index contributed by atoms with van der Waals surface area (Å²) in [6.45, 7) is 6.25. The Morgan fingerprint density at radius 3 is 2.72 bits per heavy atom. The van der Waals surface area contributed by atoms with Gasteiger partial charge in [0.1, 0.15) is 17.5 Å². The minimum atomic E-state index is -0.456. The Balaban J connectivity index is 1.42. The highest BCUT2D eigenvalue weighted by atomic mass is 35.5. The summed E-state index contributed by atoms with van der Waals surface area (Å²) in [4.78, 5) is 16.7. The van der Waals surface area contributed by atoms with Crippen LogP contribution in [0.3, 0.4) is 0 Å². The van der Waals surface area contributed by atoms with Gasteiger partial charge in [-0.1, -0.05) is 35.9 Å². The first-order valence-corrected chi connectivity index (χ1v) is 9.03. The molecule has 0 bridgehead atoms. The van der Waals surface area contributed by atoms with Gasteiger partial charge in [0, 0.05) is 16.7 Å². The molecule has 1 saturated carbocycles. The number of rotatable bonds is 5. The molecule has 0 spiro atoms. The molecule has 1 amide bonds. The molecule has 1 aliphatic carbocycles. The number of aromatic nitrogens is 1. The molecule has 132 valence electrons. The molecule has 2 aromatic rings. The van der Waals surface area contributed by atoms with Crippen LogP contribution in [0.15, 0.2) is 30.5 Å². The van der Waals surface area contributed by atoms with Crippen molar-refractivity contribution in [3.05, 3.63) is 35.6 Å². The Morgan fingerprint density at radius 1 is 1.32 bits per heavy atom. The second-order valence-corrected chi connectivity index (χ2v) is 7.99. The summed E-state index contributed by atoms with van der Waals surface area (Å²) in [6.07, 6.45) is 1.64. The van der Waals surface area contributed by atoms with E-state index in [4.69, 9.17) is 16.3 Å². The van der Waals surface area contributed by atoms with Crippen molar-refractivity contribution in [2.45, 2.75) is 19.4 Å². The largest absolute Gasteiger partial charge is 0.489 e. The molecule has 1 aromatic heterocycles. The zero-order valence-corrected chi connectivity index (χ0v) is 15.1. The van der Waals surface area contributed by atoms with Gasteiger partial charge in [0.15, 0.2) is 0 Å². The third-order valence-corrected chi connectivity index (χ3v) is 5.46. The first kappa shape index (κ1) is 16.6. The maximum atomic E-state index is 12.5. The van der Waals surface area contributed by atoms with E-state index in [1.165, 1.54) is 0 Å². The maximum absolute atomic E-state index is 12.5. The minimum Gasteiger partial charge on any atom is -0.489 e. The van der Waals surface area contributed by atoms with Gasteiger partial charge in [-0.25, -0.2) is 4.98 Å². The zero-order valence-electron chi connectivity index (χ0n) is 14.4. The van der Waals surface area contributed by atoms with E-state index in [1.54, 1.807) is 6.20 Å². The fraction of sp³-hybridized carbons (Fsp3) is 0.474. The van der Waals surface area contributed by atoms with Gasteiger partial charge in [-0.3, -0.25) is 4.79 Å². The average molecular weight is 360 g/mol. The standard InChI is InChI=1S/C19H22ClN3O2/c1-19(2,23-18(24)16-13-7-21-8-14(13)16)10-25-15-9-22-17(20)12-6-4-3-5-11(12)15/h3-6,9,13-14,16,21H,7-8,10H2,1-2H3,(H,23,24)/t13-,14?,16?/m1/s1. The van der Waals surface area contributed by atoms with Crippen LogP contribution >= 0.6 is 11.6 Å². The first-order chi connectivity index (χ1) is 12.0. The molecule has 2 fully saturated rings. The van der Waals surface area contributed by atoms with E-state index >= 15 is 0 Å². The van der Waals surface area contributed by atoms with Gasteiger partial charge >= 0.3 is 0 Å². The van der Waals surface area contributed by atoms with Gasteiger partial charge in [0.2, 0.25) is 5.91 Å². The Labute approximate surface area is 152 Å². The van der Waals surface area contributed by atoms with E-state index < -0.39 is 5.54 Å². The highest BCUT2D eigenvalue weighted by Crippen LogP contribution is 2.48. The number of fused-ring (bicyclic) bond motifs is 2. The Bertz CT molecular complexity index is 813. The second kappa shape index (κ2) is 6.15. The van der Waals surface area contributed by atoms with Crippen molar-refractivity contribution in [2.75, 3.05) is 19.7 Å². The predicted molar refractivity (Wildman–Crippen MR) is 97.8 cm³/mol. The Hall–Kier alpha value is -1.85. The quantitative estimate of drug-likeness (QED) is 0.805. The SMILES string of the molecule is CC(C)(COc1cnc(Cl)c2ccccc12)NC(=O)C1C2CNC[C@H]21.